The lowest BCUT2D eigenvalue weighted by atomic mass is 10.1. The summed E-state index contributed by atoms with van der Waals surface area (Å²) in [6, 6.07) is 1.06. The van der Waals surface area contributed by atoms with Crippen molar-refractivity contribution in [1.82, 2.24) is 0 Å². The van der Waals surface area contributed by atoms with Crippen molar-refractivity contribution >= 4 is 11.8 Å². The van der Waals surface area contributed by atoms with E-state index in [1.165, 1.54) is 0 Å². The fraction of sp³-hybridized carbons (Fsp3) is 0.222. The van der Waals surface area contributed by atoms with Crippen molar-refractivity contribution in [2.24, 2.45) is 0 Å². The smallest absolute Gasteiger partial charge is 0.416 e. The fourth-order valence-corrected chi connectivity index (χ4v) is 1.19. The number of halogens is 4. The van der Waals surface area contributed by atoms with E-state index in [2.05, 4.69) is 0 Å². The predicted octanol–water partition coefficient (Wildman–Crippen LogP) is 3.24. The van der Waals surface area contributed by atoms with E-state index in [1.54, 1.807) is 5.32 Å². The number of hydrogen-bond donors (Lipinski definition) is 2. The molecule has 0 heterocycles. The standard InChI is InChI=1S/C9H7F4NO2/c1-4-2-6(10)7(14-8(15)16)3-5(4)9(11,12)13/h2-3,14H,1H3,(H,15,16). The molecule has 0 saturated heterocycles. The maximum Gasteiger partial charge on any atom is 0.416 e. The highest BCUT2D eigenvalue weighted by molar-refractivity contribution is 5.83. The molecule has 1 rings (SSSR count). The molecule has 0 aliphatic rings. The third-order valence-corrected chi connectivity index (χ3v) is 1.86. The van der Waals surface area contributed by atoms with Gasteiger partial charge in [0.25, 0.3) is 0 Å². The maximum absolute atomic E-state index is 13.1. The van der Waals surface area contributed by atoms with Crippen LogP contribution in [0.2, 0.25) is 0 Å². The molecule has 0 aliphatic carbocycles. The van der Waals surface area contributed by atoms with Crippen LogP contribution in [0.15, 0.2) is 12.1 Å². The van der Waals surface area contributed by atoms with Crippen LogP contribution < -0.4 is 5.32 Å². The Bertz CT molecular complexity index is 428. The zero-order valence-corrected chi connectivity index (χ0v) is 8.02. The third kappa shape index (κ3) is 2.62. The van der Waals surface area contributed by atoms with Gasteiger partial charge >= 0.3 is 12.3 Å². The van der Waals surface area contributed by atoms with Gasteiger partial charge in [0.05, 0.1) is 11.3 Å². The first-order valence-corrected chi connectivity index (χ1v) is 4.09. The molecule has 0 saturated carbocycles. The molecule has 1 amide bonds. The summed E-state index contributed by atoms with van der Waals surface area (Å²) < 4.78 is 50.3. The van der Waals surface area contributed by atoms with Crippen molar-refractivity contribution in [1.29, 1.82) is 0 Å². The minimum Gasteiger partial charge on any atom is -0.465 e. The summed E-state index contributed by atoms with van der Waals surface area (Å²) in [5.41, 5.74) is -2.09. The average Bonchev–Trinajstić information content (AvgIpc) is 2.06. The number of hydrogen-bond acceptors (Lipinski definition) is 1. The fourth-order valence-electron chi connectivity index (χ4n) is 1.19. The van der Waals surface area contributed by atoms with E-state index in [4.69, 9.17) is 5.11 Å². The number of aryl methyl sites for hydroxylation is 1. The highest BCUT2D eigenvalue weighted by Crippen LogP contribution is 2.34. The number of rotatable bonds is 1. The van der Waals surface area contributed by atoms with Crippen molar-refractivity contribution in [3.63, 3.8) is 0 Å². The number of alkyl halides is 3. The Hall–Kier alpha value is -1.79. The van der Waals surface area contributed by atoms with Gasteiger partial charge in [-0.1, -0.05) is 0 Å². The van der Waals surface area contributed by atoms with Crippen molar-refractivity contribution in [2.75, 3.05) is 5.32 Å². The highest BCUT2D eigenvalue weighted by atomic mass is 19.4. The van der Waals surface area contributed by atoms with Gasteiger partial charge in [0.1, 0.15) is 5.82 Å². The van der Waals surface area contributed by atoms with Crippen molar-refractivity contribution in [2.45, 2.75) is 13.1 Å². The average molecular weight is 237 g/mol. The van der Waals surface area contributed by atoms with Gasteiger partial charge in [0.2, 0.25) is 0 Å². The summed E-state index contributed by atoms with van der Waals surface area (Å²) in [6.07, 6.45) is -6.27. The van der Waals surface area contributed by atoms with Gasteiger partial charge in [0, 0.05) is 0 Å². The van der Waals surface area contributed by atoms with Gasteiger partial charge in [-0.05, 0) is 24.6 Å². The first kappa shape index (κ1) is 12.3. The maximum atomic E-state index is 13.1. The number of amides is 1. The summed E-state index contributed by atoms with van der Waals surface area (Å²) in [7, 11) is 0. The quantitative estimate of drug-likeness (QED) is 0.736. The van der Waals surface area contributed by atoms with Crippen LogP contribution in [0.3, 0.4) is 0 Å². The van der Waals surface area contributed by atoms with E-state index in [-0.39, 0.29) is 5.56 Å². The highest BCUT2D eigenvalue weighted by Gasteiger charge is 2.33. The molecule has 2 N–H and O–H groups in total. The zero-order chi connectivity index (χ0) is 12.5. The zero-order valence-electron chi connectivity index (χ0n) is 8.02. The van der Waals surface area contributed by atoms with E-state index >= 15 is 0 Å². The number of nitrogens with one attached hydrogen (secondary N) is 1. The Morgan fingerprint density at radius 3 is 2.38 bits per heavy atom. The van der Waals surface area contributed by atoms with Crippen LogP contribution in [0, 0.1) is 12.7 Å². The topological polar surface area (TPSA) is 49.3 Å². The predicted molar refractivity (Wildman–Crippen MR) is 47.8 cm³/mol. The van der Waals surface area contributed by atoms with E-state index in [0.717, 1.165) is 6.92 Å². The lowest BCUT2D eigenvalue weighted by Crippen LogP contribution is -2.13. The Labute approximate surface area is 87.7 Å². The summed E-state index contributed by atoms with van der Waals surface area (Å²) in [6.45, 7) is 1.09. The Morgan fingerprint density at radius 2 is 1.94 bits per heavy atom. The Kier molecular flexibility index (Phi) is 3.06. The molecular weight excluding hydrogens is 230 g/mol. The number of benzene rings is 1. The Morgan fingerprint density at radius 1 is 1.38 bits per heavy atom. The molecule has 0 unspecified atom stereocenters. The van der Waals surface area contributed by atoms with Gasteiger partial charge in [-0.25, -0.2) is 9.18 Å². The molecule has 16 heavy (non-hydrogen) atoms. The molecule has 0 aliphatic heterocycles. The monoisotopic (exact) mass is 237 g/mol. The van der Waals surface area contributed by atoms with Crippen molar-refractivity contribution in [3.05, 3.63) is 29.1 Å². The van der Waals surface area contributed by atoms with Crippen LogP contribution in [0.25, 0.3) is 0 Å². The lowest BCUT2D eigenvalue weighted by molar-refractivity contribution is -0.138. The SMILES string of the molecule is Cc1cc(F)c(NC(=O)O)cc1C(F)(F)F. The molecule has 88 valence electrons. The largest absolute Gasteiger partial charge is 0.465 e. The van der Waals surface area contributed by atoms with Gasteiger partial charge in [0.15, 0.2) is 0 Å². The molecule has 7 heteroatoms. The lowest BCUT2D eigenvalue weighted by Gasteiger charge is -2.12. The van der Waals surface area contributed by atoms with Crippen molar-refractivity contribution in [3.8, 4) is 0 Å². The van der Waals surface area contributed by atoms with Crippen LogP contribution in [0.5, 0.6) is 0 Å². The first-order valence-electron chi connectivity index (χ1n) is 4.09. The molecule has 0 radical (unpaired) electrons. The molecule has 1 aromatic carbocycles. The minimum atomic E-state index is -4.65. The normalized spacial score (nSPS) is 11.3. The van der Waals surface area contributed by atoms with Crippen LogP contribution in [-0.4, -0.2) is 11.2 Å². The van der Waals surface area contributed by atoms with Gasteiger partial charge in [-0.2, -0.15) is 13.2 Å². The molecule has 0 spiro atoms. The summed E-state index contributed by atoms with van der Waals surface area (Å²) in [4.78, 5) is 10.2. The summed E-state index contributed by atoms with van der Waals surface area (Å²) in [5, 5.41) is 9.85. The van der Waals surface area contributed by atoms with Gasteiger partial charge < -0.3 is 5.11 Å². The van der Waals surface area contributed by atoms with Crippen LogP contribution in [-0.2, 0) is 6.18 Å². The molecule has 1 aromatic rings. The van der Waals surface area contributed by atoms with Crippen molar-refractivity contribution < 1.29 is 27.5 Å². The Balaban J connectivity index is 3.27. The second-order valence-corrected chi connectivity index (χ2v) is 3.07. The second kappa shape index (κ2) is 3.99. The summed E-state index contributed by atoms with van der Waals surface area (Å²) >= 11 is 0. The number of anilines is 1. The van der Waals surface area contributed by atoms with Crippen LogP contribution in [0.4, 0.5) is 28.0 Å². The van der Waals surface area contributed by atoms with E-state index in [1.807, 2.05) is 0 Å². The van der Waals surface area contributed by atoms with E-state index < -0.39 is 29.3 Å². The summed E-state index contributed by atoms with van der Waals surface area (Å²) in [5.74, 6) is -1.05. The van der Waals surface area contributed by atoms with E-state index in [0.29, 0.717) is 12.1 Å². The van der Waals surface area contributed by atoms with E-state index in [9.17, 15) is 22.4 Å². The number of carbonyl (C=O) groups is 1. The second-order valence-electron chi connectivity index (χ2n) is 3.07. The molecular formula is C9H7F4NO2. The third-order valence-electron chi connectivity index (χ3n) is 1.86. The van der Waals surface area contributed by atoms with Crippen LogP contribution >= 0.6 is 0 Å². The number of carboxylic acid groups (broad SMARTS) is 1. The van der Waals surface area contributed by atoms with Gasteiger partial charge in [-0.3, -0.25) is 5.32 Å². The minimum absolute atomic E-state index is 0.305. The molecule has 0 aromatic heterocycles. The molecule has 3 nitrogen and oxygen atoms in total. The molecule has 0 bridgehead atoms. The molecule has 0 atom stereocenters. The van der Waals surface area contributed by atoms with Gasteiger partial charge in [-0.15, -0.1) is 0 Å². The van der Waals surface area contributed by atoms with Crippen LogP contribution in [0.1, 0.15) is 11.1 Å². The molecule has 0 fully saturated rings. The first-order chi connectivity index (χ1) is 7.21.